The van der Waals surface area contributed by atoms with Crippen molar-refractivity contribution >= 4 is 45.9 Å². The van der Waals surface area contributed by atoms with Gasteiger partial charge >= 0.3 is 5.97 Å². The number of carboxylic acids is 1. The minimum Gasteiger partial charge on any atom is -0.480 e. The third kappa shape index (κ3) is 2.09. The molecule has 0 bridgehead atoms. The zero-order chi connectivity index (χ0) is 13.4. The average Bonchev–Trinajstić information content (AvgIpc) is 2.62. The number of nitrogens with zero attached hydrogens (tertiary/aromatic N) is 1. The normalized spacial score (nSPS) is 10.8. The van der Waals surface area contributed by atoms with E-state index in [-0.39, 0.29) is 17.4 Å². The third-order valence-corrected chi connectivity index (χ3v) is 3.41. The quantitative estimate of drug-likeness (QED) is 0.881. The number of hydrogen-bond donors (Lipinski definition) is 1. The number of ketones is 1. The molecule has 0 atom stereocenters. The lowest BCUT2D eigenvalue weighted by atomic mass is 10.1. The first kappa shape index (κ1) is 12.9. The highest BCUT2D eigenvalue weighted by atomic mass is 35.5. The number of carboxylic acid groups (broad SMARTS) is 1. The molecule has 0 saturated carbocycles. The van der Waals surface area contributed by atoms with E-state index >= 15 is 0 Å². The van der Waals surface area contributed by atoms with Gasteiger partial charge in [0.1, 0.15) is 6.54 Å². The molecule has 2 rings (SSSR count). The summed E-state index contributed by atoms with van der Waals surface area (Å²) >= 11 is 12.0. The van der Waals surface area contributed by atoms with E-state index in [2.05, 4.69) is 0 Å². The second kappa shape index (κ2) is 4.63. The number of fused-ring (bicyclic) bond motifs is 1. The summed E-state index contributed by atoms with van der Waals surface area (Å²) in [6, 6.07) is 3.25. The van der Waals surface area contributed by atoms with E-state index < -0.39 is 5.97 Å². The van der Waals surface area contributed by atoms with Gasteiger partial charge in [0, 0.05) is 17.1 Å². The number of halogens is 2. The lowest BCUT2D eigenvalue weighted by Gasteiger charge is -2.04. The van der Waals surface area contributed by atoms with E-state index in [0.717, 1.165) is 0 Å². The SMILES string of the molecule is CC(=O)c1cn(CC(=O)O)c2c(Cl)c(Cl)ccc12. The monoisotopic (exact) mass is 285 g/mol. The van der Waals surface area contributed by atoms with Crippen LogP contribution in [0.25, 0.3) is 10.9 Å². The maximum Gasteiger partial charge on any atom is 0.323 e. The molecule has 1 heterocycles. The Labute approximate surface area is 113 Å². The number of benzene rings is 1. The van der Waals surface area contributed by atoms with Crippen molar-refractivity contribution in [3.05, 3.63) is 33.9 Å². The highest BCUT2D eigenvalue weighted by Crippen LogP contribution is 2.33. The predicted molar refractivity (Wildman–Crippen MR) is 69.6 cm³/mol. The summed E-state index contributed by atoms with van der Waals surface area (Å²) in [6.07, 6.45) is 1.49. The van der Waals surface area contributed by atoms with Crippen LogP contribution in [-0.4, -0.2) is 21.4 Å². The first-order chi connectivity index (χ1) is 8.41. The summed E-state index contributed by atoms with van der Waals surface area (Å²) in [5.41, 5.74) is 0.904. The van der Waals surface area contributed by atoms with Gasteiger partial charge < -0.3 is 9.67 Å². The molecule has 0 amide bonds. The number of aromatic nitrogens is 1. The fourth-order valence-corrected chi connectivity index (χ4v) is 2.30. The summed E-state index contributed by atoms with van der Waals surface area (Å²) in [5.74, 6) is -1.17. The number of rotatable bonds is 3. The minimum atomic E-state index is -1.02. The molecule has 0 aliphatic heterocycles. The number of carbonyl (C=O) groups excluding carboxylic acids is 1. The van der Waals surface area contributed by atoms with Gasteiger partial charge in [-0.05, 0) is 13.0 Å². The molecule has 2 aromatic rings. The summed E-state index contributed by atoms with van der Waals surface area (Å²) in [5, 5.41) is 10.0. The molecule has 6 heteroatoms. The molecule has 0 aliphatic carbocycles. The zero-order valence-corrected chi connectivity index (χ0v) is 10.9. The number of aliphatic carboxylic acids is 1. The Morgan fingerprint density at radius 3 is 2.56 bits per heavy atom. The largest absolute Gasteiger partial charge is 0.480 e. The molecule has 94 valence electrons. The molecular formula is C12H9Cl2NO3. The Morgan fingerprint density at radius 2 is 2.00 bits per heavy atom. The molecule has 1 N–H and O–H groups in total. The predicted octanol–water partition coefficient (Wildman–Crippen LogP) is 3.24. The van der Waals surface area contributed by atoms with Crippen LogP contribution >= 0.6 is 23.2 Å². The van der Waals surface area contributed by atoms with Crippen LogP contribution in [0.3, 0.4) is 0 Å². The van der Waals surface area contributed by atoms with Crippen molar-refractivity contribution in [3.8, 4) is 0 Å². The van der Waals surface area contributed by atoms with Crippen LogP contribution in [0, 0.1) is 0 Å². The van der Waals surface area contributed by atoms with Crippen LogP contribution in [0.1, 0.15) is 17.3 Å². The second-order valence-corrected chi connectivity index (χ2v) is 4.66. The Morgan fingerprint density at radius 1 is 1.33 bits per heavy atom. The van der Waals surface area contributed by atoms with Crippen LogP contribution in [-0.2, 0) is 11.3 Å². The van der Waals surface area contributed by atoms with Crippen LogP contribution in [0.4, 0.5) is 0 Å². The molecule has 18 heavy (non-hydrogen) atoms. The van der Waals surface area contributed by atoms with Crippen molar-refractivity contribution in [1.29, 1.82) is 0 Å². The molecule has 0 radical (unpaired) electrons. The Bertz CT molecular complexity index is 661. The maximum absolute atomic E-state index is 11.5. The highest BCUT2D eigenvalue weighted by molar-refractivity contribution is 6.45. The Hall–Kier alpha value is -1.52. The van der Waals surface area contributed by atoms with Gasteiger partial charge in [0.25, 0.3) is 0 Å². The van der Waals surface area contributed by atoms with Crippen molar-refractivity contribution in [1.82, 2.24) is 4.57 Å². The highest BCUT2D eigenvalue weighted by Gasteiger charge is 2.17. The van der Waals surface area contributed by atoms with E-state index in [0.29, 0.717) is 21.5 Å². The van der Waals surface area contributed by atoms with Crippen LogP contribution < -0.4 is 0 Å². The second-order valence-electron chi connectivity index (χ2n) is 3.88. The van der Waals surface area contributed by atoms with E-state index in [4.69, 9.17) is 28.3 Å². The Balaban J connectivity index is 2.81. The fourth-order valence-electron chi connectivity index (χ4n) is 1.88. The van der Waals surface area contributed by atoms with Crippen molar-refractivity contribution in [2.75, 3.05) is 0 Å². The van der Waals surface area contributed by atoms with Gasteiger partial charge in [-0.3, -0.25) is 9.59 Å². The van der Waals surface area contributed by atoms with Gasteiger partial charge in [0.2, 0.25) is 0 Å². The van der Waals surface area contributed by atoms with Crippen molar-refractivity contribution < 1.29 is 14.7 Å². The smallest absolute Gasteiger partial charge is 0.323 e. The van der Waals surface area contributed by atoms with Gasteiger partial charge in [-0.2, -0.15) is 0 Å². The molecule has 0 saturated heterocycles. The van der Waals surface area contributed by atoms with Crippen LogP contribution in [0.5, 0.6) is 0 Å². The average molecular weight is 286 g/mol. The van der Waals surface area contributed by atoms with E-state index in [9.17, 15) is 9.59 Å². The molecule has 0 fully saturated rings. The standard InChI is InChI=1S/C12H9Cl2NO3/c1-6(16)8-4-15(5-10(17)18)12-7(8)2-3-9(13)11(12)14/h2-4H,5H2,1H3,(H,17,18). The molecule has 0 spiro atoms. The third-order valence-electron chi connectivity index (χ3n) is 2.62. The van der Waals surface area contributed by atoms with Gasteiger partial charge in [0.15, 0.2) is 5.78 Å². The van der Waals surface area contributed by atoms with Gasteiger partial charge in [-0.15, -0.1) is 0 Å². The molecule has 1 aromatic carbocycles. The van der Waals surface area contributed by atoms with Crippen molar-refractivity contribution in [2.24, 2.45) is 0 Å². The van der Waals surface area contributed by atoms with E-state index in [1.54, 1.807) is 12.1 Å². The fraction of sp³-hybridized carbons (Fsp3) is 0.167. The maximum atomic E-state index is 11.5. The van der Waals surface area contributed by atoms with E-state index in [1.807, 2.05) is 0 Å². The Kier molecular flexibility index (Phi) is 3.32. The zero-order valence-electron chi connectivity index (χ0n) is 9.41. The van der Waals surface area contributed by atoms with E-state index in [1.165, 1.54) is 17.7 Å². The van der Waals surface area contributed by atoms with Crippen molar-refractivity contribution in [2.45, 2.75) is 13.5 Å². The number of hydrogen-bond acceptors (Lipinski definition) is 2. The van der Waals surface area contributed by atoms with Gasteiger partial charge in [-0.25, -0.2) is 0 Å². The summed E-state index contributed by atoms with van der Waals surface area (Å²) in [6.45, 7) is 1.15. The first-order valence-electron chi connectivity index (χ1n) is 5.11. The summed E-state index contributed by atoms with van der Waals surface area (Å²) in [7, 11) is 0. The summed E-state index contributed by atoms with van der Waals surface area (Å²) < 4.78 is 1.42. The molecule has 1 aromatic heterocycles. The summed E-state index contributed by atoms with van der Waals surface area (Å²) in [4.78, 5) is 22.3. The molecule has 4 nitrogen and oxygen atoms in total. The van der Waals surface area contributed by atoms with Crippen molar-refractivity contribution in [3.63, 3.8) is 0 Å². The molecular weight excluding hydrogens is 277 g/mol. The van der Waals surface area contributed by atoms with Gasteiger partial charge in [0.05, 0.1) is 15.6 Å². The van der Waals surface area contributed by atoms with Crippen LogP contribution in [0.15, 0.2) is 18.3 Å². The minimum absolute atomic E-state index is 0.150. The topological polar surface area (TPSA) is 59.3 Å². The lowest BCUT2D eigenvalue weighted by molar-refractivity contribution is -0.137. The number of carbonyl (C=O) groups is 2. The lowest BCUT2D eigenvalue weighted by Crippen LogP contribution is -2.07. The molecule has 0 aliphatic rings. The van der Waals surface area contributed by atoms with Gasteiger partial charge in [-0.1, -0.05) is 29.3 Å². The molecule has 0 unspecified atom stereocenters. The first-order valence-corrected chi connectivity index (χ1v) is 5.87. The number of Topliss-reactive ketones (excluding diaryl/α,β-unsaturated/α-hetero) is 1. The van der Waals surface area contributed by atoms with Crippen LogP contribution in [0.2, 0.25) is 10.0 Å².